The van der Waals surface area contributed by atoms with Crippen LogP contribution in [-0.2, 0) is 0 Å². The van der Waals surface area contributed by atoms with Gasteiger partial charge in [0.15, 0.2) is 0 Å². The zero-order valence-corrected chi connectivity index (χ0v) is 13.6. The first kappa shape index (κ1) is 14.3. The van der Waals surface area contributed by atoms with Gasteiger partial charge in [-0.15, -0.1) is 0 Å². The lowest BCUT2D eigenvalue weighted by Gasteiger charge is -2.15. The van der Waals surface area contributed by atoms with Crippen molar-refractivity contribution in [3.63, 3.8) is 0 Å². The van der Waals surface area contributed by atoms with Crippen molar-refractivity contribution in [3.05, 3.63) is 82.7 Å². The Balaban J connectivity index is 2.18. The normalized spacial score (nSPS) is 12.6. The number of aryl methyl sites for hydroxylation is 2. The summed E-state index contributed by atoms with van der Waals surface area (Å²) < 4.78 is 13.9. The van der Waals surface area contributed by atoms with Gasteiger partial charge in [-0.05, 0) is 36.4 Å². The highest BCUT2D eigenvalue weighted by molar-refractivity contribution is 9.09. The topological polar surface area (TPSA) is 0 Å². The summed E-state index contributed by atoms with van der Waals surface area (Å²) in [5.41, 5.74) is 4.77. The van der Waals surface area contributed by atoms with Gasteiger partial charge in [-0.1, -0.05) is 75.6 Å². The third-order valence-corrected chi connectivity index (χ3v) is 4.74. The Kier molecular flexibility index (Phi) is 3.81. The van der Waals surface area contributed by atoms with Crippen molar-refractivity contribution in [3.8, 4) is 0 Å². The molecule has 0 saturated carbocycles. The first-order valence-electron chi connectivity index (χ1n) is 6.95. The minimum atomic E-state index is -0.172. The third kappa shape index (κ3) is 2.73. The lowest BCUT2D eigenvalue weighted by Crippen LogP contribution is -1.97. The second-order valence-corrected chi connectivity index (χ2v) is 6.38. The summed E-state index contributed by atoms with van der Waals surface area (Å²) in [6, 6.07) is 17.5. The fourth-order valence-electron chi connectivity index (χ4n) is 2.84. The fourth-order valence-corrected chi connectivity index (χ4v) is 3.51. The molecule has 0 aromatic heterocycles. The predicted molar refractivity (Wildman–Crippen MR) is 90.6 cm³/mol. The molecule has 0 aliphatic carbocycles. The molecule has 0 N–H and O–H groups in total. The van der Waals surface area contributed by atoms with E-state index in [1.54, 1.807) is 6.07 Å². The standard InChI is InChI=1S/C19H16BrF/c1-12-9-13(2)11-14(10-12)19(20)17-7-8-18(21)16-6-4-3-5-15(16)17/h3-11,19H,1-2H3. The molecule has 1 unspecified atom stereocenters. The van der Waals surface area contributed by atoms with Crippen molar-refractivity contribution >= 4 is 26.7 Å². The molecule has 0 amide bonds. The van der Waals surface area contributed by atoms with E-state index in [4.69, 9.17) is 0 Å². The number of alkyl halides is 1. The Morgan fingerprint density at radius 2 is 1.48 bits per heavy atom. The van der Waals surface area contributed by atoms with Gasteiger partial charge in [0.2, 0.25) is 0 Å². The van der Waals surface area contributed by atoms with Crippen LogP contribution in [0.4, 0.5) is 4.39 Å². The van der Waals surface area contributed by atoms with E-state index in [2.05, 4.69) is 48.0 Å². The summed E-state index contributed by atoms with van der Waals surface area (Å²) in [6.07, 6.45) is 0. The molecule has 0 bridgehead atoms. The van der Waals surface area contributed by atoms with Crippen LogP contribution in [0.15, 0.2) is 54.6 Å². The molecular formula is C19H16BrF. The van der Waals surface area contributed by atoms with Crippen molar-refractivity contribution in [2.24, 2.45) is 0 Å². The molecule has 3 aromatic carbocycles. The van der Waals surface area contributed by atoms with E-state index in [1.807, 2.05) is 30.3 Å². The van der Waals surface area contributed by atoms with Gasteiger partial charge in [0, 0.05) is 5.39 Å². The first-order valence-corrected chi connectivity index (χ1v) is 7.87. The SMILES string of the molecule is Cc1cc(C)cc(C(Br)c2ccc(F)c3ccccc23)c1. The lowest BCUT2D eigenvalue weighted by molar-refractivity contribution is 0.639. The molecule has 3 rings (SSSR count). The van der Waals surface area contributed by atoms with Gasteiger partial charge < -0.3 is 0 Å². The summed E-state index contributed by atoms with van der Waals surface area (Å²) in [5.74, 6) is -0.172. The van der Waals surface area contributed by atoms with Gasteiger partial charge >= 0.3 is 0 Å². The molecule has 21 heavy (non-hydrogen) atoms. The van der Waals surface area contributed by atoms with Crippen molar-refractivity contribution in [2.75, 3.05) is 0 Å². The maximum Gasteiger partial charge on any atom is 0.131 e. The molecule has 0 radical (unpaired) electrons. The van der Waals surface area contributed by atoms with Gasteiger partial charge in [0.05, 0.1) is 4.83 Å². The third-order valence-electron chi connectivity index (χ3n) is 3.71. The van der Waals surface area contributed by atoms with Crippen LogP contribution in [0.25, 0.3) is 10.8 Å². The molecule has 0 fully saturated rings. The molecule has 0 aliphatic rings. The molecule has 106 valence electrons. The molecule has 0 saturated heterocycles. The minimum Gasteiger partial charge on any atom is -0.206 e. The Morgan fingerprint density at radius 3 is 2.14 bits per heavy atom. The van der Waals surface area contributed by atoms with Crippen molar-refractivity contribution < 1.29 is 4.39 Å². The van der Waals surface area contributed by atoms with Crippen LogP contribution in [0, 0.1) is 19.7 Å². The molecule has 0 heterocycles. The number of fused-ring (bicyclic) bond motifs is 1. The Hall–Kier alpha value is -1.67. The van der Waals surface area contributed by atoms with Crippen LogP contribution in [0.3, 0.4) is 0 Å². The average molecular weight is 343 g/mol. The van der Waals surface area contributed by atoms with E-state index in [-0.39, 0.29) is 10.6 Å². The highest BCUT2D eigenvalue weighted by atomic mass is 79.9. The zero-order chi connectivity index (χ0) is 15.0. The first-order chi connectivity index (χ1) is 10.1. The van der Waals surface area contributed by atoms with Crippen LogP contribution in [0.5, 0.6) is 0 Å². The van der Waals surface area contributed by atoms with E-state index < -0.39 is 0 Å². The van der Waals surface area contributed by atoms with Crippen LogP contribution in [0.1, 0.15) is 27.1 Å². The quantitative estimate of drug-likeness (QED) is 0.495. The lowest BCUT2D eigenvalue weighted by atomic mass is 9.96. The van der Waals surface area contributed by atoms with Crippen LogP contribution in [-0.4, -0.2) is 0 Å². The highest BCUT2D eigenvalue weighted by Gasteiger charge is 2.15. The maximum atomic E-state index is 13.9. The molecule has 2 heteroatoms. The molecule has 0 aliphatic heterocycles. The van der Waals surface area contributed by atoms with Gasteiger partial charge in [-0.2, -0.15) is 0 Å². The summed E-state index contributed by atoms with van der Waals surface area (Å²) in [5, 5.41) is 1.63. The smallest absolute Gasteiger partial charge is 0.131 e. The molecule has 1 atom stereocenters. The summed E-state index contributed by atoms with van der Waals surface area (Å²) >= 11 is 3.79. The van der Waals surface area contributed by atoms with Gasteiger partial charge in [0.25, 0.3) is 0 Å². The summed E-state index contributed by atoms with van der Waals surface area (Å²) in [4.78, 5) is 0.0570. The van der Waals surface area contributed by atoms with E-state index in [0.717, 1.165) is 10.9 Å². The Labute approximate surface area is 132 Å². The second kappa shape index (κ2) is 5.61. The Morgan fingerprint density at radius 1 is 0.857 bits per heavy atom. The van der Waals surface area contributed by atoms with E-state index >= 15 is 0 Å². The predicted octanol–water partition coefficient (Wildman–Crippen LogP) is 6.08. The molecule has 0 spiro atoms. The average Bonchev–Trinajstić information content (AvgIpc) is 2.46. The van der Waals surface area contributed by atoms with Gasteiger partial charge in [0.1, 0.15) is 5.82 Å². The number of benzene rings is 3. The number of halogens is 2. The van der Waals surface area contributed by atoms with E-state index in [1.165, 1.54) is 16.7 Å². The molecule has 3 aromatic rings. The second-order valence-electron chi connectivity index (χ2n) is 5.47. The van der Waals surface area contributed by atoms with Crippen molar-refractivity contribution in [1.29, 1.82) is 0 Å². The summed E-state index contributed by atoms with van der Waals surface area (Å²) in [7, 11) is 0. The largest absolute Gasteiger partial charge is 0.206 e. The molecular weight excluding hydrogens is 327 g/mol. The van der Waals surface area contributed by atoms with Crippen LogP contribution < -0.4 is 0 Å². The number of hydrogen-bond acceptors (Lipinski definition) is 0. The highest BCUT2D eigenvalue weighted by Crippen LogP contribution is 2.36. The maximum absolute atomic E-state index is 13.9. The Bertz CT molecular complexity index is 788. The van der Waals surface area contributed by atoms with Crippen molar-refractivity contribution in [2.45, 2.75) is 18.7 Å². The van der Waals surface area contributed by atoms with Gasteiger partial charge in [-0.25, -0.2) is 4.39 Å². The van der Waals surface area contributed by atoms with E-state index in [0.29, 0.717) is 5.39 Å². The van der Waals surface area contributed by atoms with Crippen molar-refractivity contribution in [1.82, 2.24) is 0 Å². The zero-order valence-electron chi connectivity index (χ0n) is 12.0. The van der Waals surface area contributed by atoms with E-state index in [9.17, 15) is 4.39 Å². The van der Waals surface area contributed by atoms with Gasteiger partial charge in [-0.3, -0.25) is 0 Å². The monoisotopic (exact) mass is 342 g/mol. The number of hydrogen-bond donors (Lipinski definition) is 0. The number of rotatable bonds is 2. The minimum absolute atomic E-state index is 0.0570. The summed E-state index contributed by atoms with van der Waals surface area (Å²) in [6.45, 7) is 4.19. The van der Waals surface area contributed by atoms with Crippen LogP contribution >= 0.6 is 15.9 Å². The fraction of sp³-hybridized carbons (Fsp3) is 0.158. The molecule has 0 nitrogen and oxygen atoms in total. The van der Waals surface area contributed by atoms with Crippen LogP contribution in [0.2, 0.25) is 0 Å².